The maximum Gasteiger partial charge on any atom is 0.135 e. The number of aromatic nitrogens is 1. The summed E-state index contributed by atoms with van der Waals surface area (Å²) in [6.45, 7) is 0. The highest BCUT2D eigenvalue weighted by Gasteiger charge is 2.11. The van der Waals surface area contributed by atoms with Crippen molar-refractivity contribution in [1.82, 2.24) is 4.98 Å². The van der Waals surface area contributed by atoms with E-state index in [0.29, 0.717) is 0 Å². The van der Waals surface area contributed by atoms with Crippen molar-refractivity contribution in [1.29, 1.82) is 5.26 Å². The molecule has 0 fully saturated rings. The molecule has 1 N–H and O–H groups in total. The van der Waals surface area contributed by atoms with Gasteiger partial charge >= 0.3 is 0 Å². The summed E-state index contributed by atoms with van der Waals surface area (Å²) in [7, 11) is 0. The minimum atomic E-state index is -0.680. The molecule has 1 aromatic heterocycles. The number of hydrogen-bond acceptors (Lipinski definition) is 2. The van der Waals surface area contributed by atoms with Crippen molar-refractivity contribution >= 4 is 12.2 Å². The van der Waals surface area contributed by atoms with E-state index in [1.165, 1.54) is 18.2 Å². The van der Waals surface area contributed by atoms with E-state index in [4.69, 9.17) is 17.5 Å². The molecular weight excluding hydrogens is 242 g/mol. The zero-order valence-corrected chi connectivity index (χ0v) is 9.31. The second kappa shape index (κ2) is 4.44. The van der Waals surface area contributed by atoms with Gasteiger partial charge in [-0.3, -0.25) is 0 Å². The summed E-state index contributed by atoms with van der Waals surface area (Å²) < 4.78 is 27.1. The molecule has 17 heavy (non-hydrogen) atoms. The molecule has 0 aliphatic rings. The van der Waals surface area contributed by atoms with Gasteiger partial charge in [0.25, 0.3) is 0 Å². The number of nitrogens with zero attached hydrogens (tertiary/aromatic N) is 1. The Balaban J connectivity index is 2.67. The molecule has 0 spiro atoms. The number of aromatic amines is 1. The van der Waals surface area contributed by atoms with Crippen LogP contribution in [0.25, 0.3) is 11.3 Å². The molecule has 0 bridgehead atoms. The molecule has 1 heterocycles. The number of nitrogens with one attached hydrogen (secondary N) is 1. The van der Waals surface area contributed by atoms with E-state index >= 15 is 0 Å². The Morgan fingerprint density at radius 1 is 1.12 bits per heavy atom. The summed E-state index contributed by atoms with van der Waals surface area (Å²) in [5.41, 5.74) is 0.299. The Hall–Kier alpha value is -2.06. The standard InChI is InChI=1S/C12H6F2N2S/c13-8-2-1-3-9(14)11(8)10-5-4-7(6-15)12(17)16-10/h1-5H,(H,16,17). The van der Waals surface area contributed by atoms with Crippen molar-refractivity contribution < 1.29 is 8.78 Å². The fraction of sp³-hybridized carbons (Fsp3) is 0. The number of hydrogen-bond donors (Lipinski definition) is 1. The number of H-pyrrole nitrogens is 1. The van der Waals surface area contributed by atoms with Crippen molar-refractivity contribution in [2.24, 2.45) is 0 Å². The number of rotatable bonds is 1. The Kier molecular flexibility index (Phi) is 2.98. The van der Waals surface area contributed by atoms with Gasteiger partial charge in [-0.2, -0.15) is 5.26 Å². The first-order chi connectivity index (χ1) is 8.13. The third-order valence-corrected chi connectivity index (χ3v) is 2.58. The van der Waals surface area contributed by atoms with Crippen molar-refractivity contribution in [2.75, 3.05) is 0 Å². The largest absolute Gasteiger partial charge is 0.345 e. The minimum Gasteiger partial charge on any atom is -0.345 e. The van der Waals surface area contributed by atoms with Crippen LogP contribution in [0.2, 0.25) is 0 Å². The third kappa shape index (κ3) is 2.08. The van der Waals surface area contributed by atoms with E-state index in [-0.39, 0.29) is 21.5 Å². The highest BCUT2D eigenvalue weighted by Crippen LogP contribution is 2.24. The lowest BCUT2D eigenvalue weighted by Crippen LogP contribution is -1.93. The number of halogens is 2. The van der Waals surface area contributed by atoms with Gasteiger partial charge in [-0.25, -0.2) is 8.78 Å². The van der Waals surface area contributed by atoms with Crippen molar-refractivity contribution in [3.05, 3.63) is 52.2 Å². The predicted octanol–water partition coefficient (Wildman–Crippen LogP) is 3.56. The Bertz CT molecular complexity index is 651. The number of pyridine rings is 1. The van der Waals surface area contributed by atoms with E-state index in [1.807, 2.05) is 6.07 Å². The van der Waals surface area contributed by atoms with Crippen LogP contribution in [0.4, 0.5) is 8.78 Å². The third-order valence-electron chi connectivity index (χ3n) is 2.26. The maximum absolute atomic E-state index is 13.5. The molecule has 0 aliphatic carbocycles. The van der Waals surface area contributed by atoms with Crippen LogP contribution in [-0.4, -0.2) is 4.98 Å². The van der Waals surface area contributed by atoms with E-state index in [1.54, 1.807) is 0 Å². The first-order valence-corrected chi connectivity index (χ1v) is 5.12. The fourth-order valence-electron chi connectivity index (χ4n) is 1.46. The van der Waals surface area contributed by atoms with Crippen molar-refractivity contribution in [2.45, 2.75) is 0 Å². The molecule has 0 radical (unpaired) electrons. The second-order valence-electron chi connectivity index (χ2n) is 3.32. The van der Waals surface area contributed by atoms with Gasteiger partial charge in [0.15, 0.2) is 0 Å². The van der Waals surface area contributed by atoms with Gasteiger partial charge in [-0.15, -0.1) is 0 Å². The van der Waals surface area contributed by atoms with Gasteiger partial charge < -0.3 is 4.98 Å². The van der Waals surface area contributed by atoms with E-state index < -0.39 is 11.6 Å². The topological polar surface area (TPSA) is 39.6 Å². The molecule has 1 aromatic carbocycles. The summed E-state index contributed by atoms with van der Waals surface area (Å²) >= 11 is 4.90. The summed E-state index contributed by atoms with van der Waals surface area (Å²) in [5.74, 6) is -1.36. The minimum absolute atomic E-state index is 0.160. The normalized spacial score (nSPS) is 9.94. The van der Waals surface area contributed by atoms with Gasteiger partial charge in [0, 0.05) is 0 Å². The van der Waals surface area contributed by atoms with Crippen LogP contribution in [0.1, 0.15) is 5.56 Å². The smallest absolute Gasteiger partial charge is 0.135 e. The number of benzene rings is 1. The highest BCUT2D eigenvalue weighted by atomic mass is 32.1. The Morgan fingerprint density at radius 2 is 1.76 bits per heavy atom. The lowest BCUT2D eigenvalue weighted by Gasteiger charge is -2.05. The van der Waals surface area contributed by atoms with E-state index in [2.05, 4.69) is 4.98 Å². The van der Waals surface area contributed by atoms with Crippen LogP contribution in [-0.2, 0) is 0 Å². The molecule has 2 nitrogen and oxygen atoms in total. The molecule has 84 valence electrons. The van der Waals surface area contributed by atoms with Crippen molar-refractivity contribution in [3.8, 4) is 17.3 Å². The maximum atomic E-state index is 13.5. The molecule has 0 saturated heterocycles. The van der Waals surface area contributed by atoms with Gasteiger partial charge in [-0.05, 0) is 24.3 Å². The highest BCUT2D eigenvalue weighted by molar-refractivity contribution is 7.71. The van der Waals surface area contributed by atoms with Crippen LogP contribution in [0.5, 0.6) is 0 Å². The average Bonchev–Trinajstić information content (AvgIpc) is 2.29. The molecule has 2 aromatic rings. The first-order valence-electron chi connectivity index (χ1n) is 4.71. The molecule has 0 saturated carbocycles. The SMILES string of the molecule is N#Cc1ccc(-c2c(F)cccc2F)[nH]c1=S. The quantitative estimate of drug-likeness (QED) is 0.784. The molecule has 0 atom stereocenters. The van der Waals surface area contributed by atoms with Crippen LogP contribution in [0, 0.1) is 27.6 Å². The first kappa shape index (κ1) is 11.4. The van der Waals surface area contributed by atoms with Crippen LogP contribution < -0.4 is 0 Å². The monoisotopic (exact) mass is 248 g/mol. The number of nitriles is 1. The zero-order valence-electron chi connectivity index (χ0n) is 8.50. The summed E-state index contributed by atoms with van der Waals surface area (Å²) in [6, 6.07) is 8.34. The summed E-state index contributed by atoms with van der Waals surface area (Å²) in [5, 5.41) is 8.70. The molecule has 0 unspecified atom stereocenters. The molecular formula is C12H6F2N2S. The zero-order chi connectivity index (χ0) is 12.4. The molecule has 5 heteroatoms. The second-order valence-corrected chi connectivity index (χ2v) is 3.73. The lowest BCUT2D eigenvalue weighted by molar-refractivity contribution is 0.588. The van der Waals surface area contributed by atoms with Crippen LogP contribution in [0.15, 0.2) is 30.3 Å². The van der Waals surface area contributed by atoms with Gasteiger partial charge in [0.05, 0.1) is 16.8 Å². The predicted molar refractivity (Wildman–Crippen MR) is 61.7 cm³/mol. The average molecular weight is 248 g/mol. The summed E-state index contributed by atoms with van der Waals surface area (Å²) in [4.78, 5) is 2.64. The Morgan fingerprint density at radius 3 is 2.29 bits per heavy atom. The molecule has 0 amide bonds. The van der Waals surface area contributed by atoms with Crippen LogP contribution >= 0.6 is 12.2 Å². The van der Waals surface area contributed by atoms with Crippen LogP contribution in [0.3, 0.4) is 0 Å². The van der Waals surface area contributed by atoms with E-state index in [9.17, 15) is 8.78 Å². The van der Waals surface area contributed by atoms with Crippen molar-refractivity contribution in [3.63, 3.8) is 0 Å². The molecule has 2 rings (SSSR count). The van der Waals surface area contributed by atoms with Gasteiger partial charge in [0.2, 0.25) is 0 Å². The Labute approximate surface area is 101 Å². The lowest BCUT2D eigenvalue weighted by atomic mass is 10.1. The van der Waals surface area contributed by atoms with Gasteiger partial charge in [0.1, 0.15) is 22.3 Å². The fourth-order valence-corrected chi connectivity index (χ4v) is 1.69. The van der Waals surface area contributed by atoms with Gasteiger partial charge in [-0.1, -0.05) is 18.3 Å². The van der Waals surface area contributed by atoms with E-state index in [0.717, 1.165) is 12.1 Å². The molecule has 0 aliphatic heterocycles. The summed E-state index contributed by atoms with van der Waals surface area (Å²) in [6.07, 6.45) is 0.